The van der Waals surface area contributed by atoms with Gasteiger partial charge in [0.15, 0.2) is 0 Å². The van der Waals surface area contributed by atoms with Crippen molar-refractivity contribution in [1.29, 1.82) is 0 Å². The van der Waals surface area contributed by atoms with Gasteiger partial charge in [-0.05, 0) is 12.1 Å². The van der Waals surface area contributed by atoms with Crippen LogP contribution in [0.4, 0.5) is 11.4 Å². The van der Waals surface area contributed by atoms with Gasteiger partial charge in [-0.2, -0.15) is 0 Å². The Hall–Kier alpha value is -1.71. The molecule has 0 amide bonds. The van der Waals surface area contributed by atoms with E-state index in [1.807, 2.05) is 13.8 Å². The Morgan fingerprint density at radius 2 is 2.00 bits per heavy atom. The molecular formula is C11H18N4O4S. The lowest BCUT2D eigenvalue weighted by Crippen LogP contribution is -2.28. The zero-order chi connectivity index (χ0) is 15.3. The zero-order valence-corrected chi connectivity index (χ0v) is 12.1. The molecule has 0 aliphatic carbocycles. The van der Waals surface area contributed by atoms with E-state index in [2.05, 4.69) is 10.6 Å². The Morgan fingerprint density at radius 3 is 2.50 bits per heavy atom. The molecule has 0 atom stereocenters. The average molecular weight is 302 g/mol. The molecule has 112 valence electrons. The van der Waals surface area contributed by atoms with Crippen molar-refractivity contribution in [1.82, 2.24) is 5.32 Å². The summed E-state index contributed by atoms with van der Waals surface area (Å²) in [6, 6.07) is 3.85. The van der Waals surface area contributed by atoms with Crippen LogP contribution in [0.25, 0.3) is 0 Å². The normalized spacial score (nSPS) is 11.6. The van der Waals surface area contributed by atoms with Gasteiger partial charge in [-0.25, -0.2) is 13.6 Å². The van der Waals surface area contributed by atoms with Gasteiger partial charge in [-0.1, -0.05) is 13.8 Å². The predicted octanol–water partition coefficient (Wildman–Crippen LogP) is 0.652. The van der Waals surface area contributed by atoms with Gasteiger partial charge in [0.05, 0.1) is 9.82 Å². The first-order valence-electron chi connectivity index (χ1n) is 6.00. The predicted molar refractivity (Wildman–Crippen MR) is 76.1 cm³/mol. The molecule has 0 radical (unpaired) electrons. The quantitative estimate of drug-likeness (QED) is 0.385. The maximum atomic E-state index is 11.2. The van der Waals surface area contributed by atoms with E-state index in [0.29, 0.717) is 19.1 Å². The topological polar surface area (TPSA) is 127 Å². The summed E-state index contributed by atoms with van der Waals surface area (Å²) >= 11 is 0. The highest BCUT2D eigenvalue weighted by molar-refractivity contribution is 7.89. The molecule has 0 spiro atoms. The summed E-state index contributed by atoms with van der Waals surface area (Å²) in [4.78, 5) is 10.0. The minimum atomic E-state index is -3.96. The third-order valence-electron chi connectivity index (χ3n) is 2.49. The molecule has 1 rings (SSSR count). The Morgan fingerprint density at radius 1 is 1.35 bits per heavy atom. The highest BCUT2D eigenvalue weighted by Gasteiger charge is 2.18. The van der Waals surface area contributed by atoms with E-state index in [1.165, 1.54) is 12.1 Å². The van der Waals surface area contributed by atoms with E-state index in [4.69, 9.17) is 5.14 Å². The zero-order valence-electron chi connectivity index (χ0n) is 11.3. The number of nitro groups is 1. The van der Waals surface area contributed by atoms with Crippen LogP contribution >= 0.6 is 0 Å². The average Bonchev–Trinajstić information content (AvgIpc) is 2.33. The molecule has 20 heavy (non-hydrogen) atoms. The van der Waals surface area contributed by atoms with Crippen molar-refractivity contribution in [2.45, 2.75) is 24.8 Å². The third-order valence-corrected chi connectivity index (χ3v) is 3.40. The van der Waals surface area contributed by atoms with Crippen LogP contribution < -0.4 is 15.8 Å². The van der Waals surface area contributed by atoms with Crippen molar-refractivity contribution < 1.29 is 13.3 Å². The summed E-state index contributed by atoms with van der Waals surface area (Å²) in [5.41, 5.74) is -0.0611. The van der Waals surface area contributed by atoms with Crippen LogP contribution in [0.1, 0.15) is 13.8 Å². The van der Waals surface area contributed by atoms with Crippen molar-refractivity contribution in [3.05, 3.63) is 28.3 Å². The van der Waals surface area contributed by atoms with Crippen molar-refractivity contribution in [2.24, 2.45) is 5.14 Å². The van der Waals surface area contributed by atoms with Gasteiger partial charge < -0.3 is 10.6 Å². The first-order valence-corrected chi connectivity index (χ1v) is 7.55. The first-order chi connectivity index (χ1) is 9.21. The molecule has 0 fully saturated rings. The monoisotopic (exact) mass is 302 g/mol. The lowest BCUT2D eigenvalue weighted by Gasteiger charge is -2.10. The van der Waals surface area contributed by atoms with Crippen LogP contribution in [-0.2, 0) is 10.0 Å². The summed E-state index contributed by atoms with van der Waals surface area (Å²) < 4.78 is 22.4. The number of nitro benzene ring substituents is 1. The van der Waals surface area contributed by atoms with E-state index in [-0.39, 0.29) is 16.3 Å². The second kappa shape index (κ2) is 6.64. The molecule has 0 saturated heterocycles. The highest BCUT2D eigenvalue weighted by atomic mass is 32.2. The summed E-state index contributed by atoms with van der Waals surface area (Å²) in [7, 11) is -3.96. The molecule has 0 aromatic heterocycles. The van der Waals surface area contributed by atoms with Gasteiger partial charge in [0.2, 0.25) is 10.0 Å². The van der Waals surface area contributed by atoms with Crippen LogP contribution in [0.15, 0.2) is 23.1 Å². The number of hydrogen-bond donors (Lipinski definition) is 3. The Bertz CT molecular complexity index is 586. The van der Waals surface area contributed by atoms with Gasteiger partial charge in [0.1, 0.15) is 5.69 Å². The van der Waals surface area contributed by atoms with Crippen LogP contribution in [-0.4, -0.2) is 32.5 Å². The Balaban J connectivity index is 2.89. The van der Waals surface area contributed by atoms with Crippen molar-refractivity contribution in [3.8, 4) is 0 Å². The number of nitrogens with one attached hydrogen (secondary N) is 2. The molecule has 8 nitrogen and oxygen atoms in total. The Labute approximate surface area is 117 Å². The minimum absolute atomic E-state index is 0.257. The number of rotatable bonds is 7. The largest absolute Gasteiger partial charge is 0.378 e. The number of anilines is 1. The fourth-order valence-electron chi connectivity index (χ4n) is 1.55. The number of nitrogens with zero attached hydrogens (tertiary/aromatic N) is 1. The van der Waals surface area contributed by atoms with E-state index >= 15 is 0 Å². The first kappa shape index (κ1) is 16.3. The van der Waals surface area contributed by atoms with Crippen molar-refractivity contribution >= 4 is 21.4 Å². The second-order valence-electron chi connectivity index (χ2n) is 4.52. The van der Waals surface area contributed by atoms with Crippen LogP contribution in [0, 0.1) is 10.1 Å². The molecule has 0 aliphatic heterocycles. The van der Waals surface area contributed by atoms with Crippen LogP contribution in [0.2, 0.25) is 0 Å². The van der Waals surface area contributed by atoms with E-state index in [1.54, 1.807) is 0 Å². The fourth-order valence-corrected chi connectivity index (χ4v) is 2.08. The van der Waals surface area contributed by atoms with Gasteiger partial charge >= 0.3 is 0 Å². The van der Waals surface area contributed by atoms with Gasteiger partial charge in [-0.3, -0.25) is 10.1 Å². The van der Waals surface area contributed by atoms with E-state index < -0.39 is 14.9 Å². The van der Waals surface area contributed by atoms with E-state index in [9.17, 15) is 18.5 Å². The molecule has 0 aliphatic rings. The van der Waals surface area contributed by atoms with E-state index in [0.717, 1.165) is 6.07 Å². The maximum absolute atomic E-state index is 11.2. The molecule has 0 bridgehead atoms. The van der Waals surface area contributed by atoms with Crippen LogP contribution in [0.5, 0.6) is 0 Å². The number of hydrogen-bond acceptors (Lipinski definition) is 6. The number of benzene rings is 1. The molecular weight excluding hydrogens is 284 g/mol. The summed E-state index contributed by atoms with van der Waals surface area (Å²) in [6.07, 6.45) is 0. The summed E-state index contributed by atoms with van der Waals surface area (Å²) in [5, 5.41) is 21.9. The molecule has 0 unspecified atom stereocenters. The number of nitrogens with two attached hydrogens (primary N) is 1. The van der Waals surface area contributed by atoms with Crippen molar-refractivity contribution in [2.75, 3.05) is 18.4 Å². The molecule has 1 aromatic rings. The van der Waals surface area contributed by atoms with Gasteiger partial charge in [0.25, 0.3) is 5.69 Å². The number of primary sulfonamides is 1. The lowest BCUT2D eigenvalue weighted by molar-refractivity contribution is -0.384. The number of sulfonamides is 1. The second-order valence-corrected chi connectivity index (χ2v) is 6.08. The Kier molecular flexibility index (Phi) is 5.43. The molecule has 0 saturated carbocycles. The molecule has 1 aromatic carbocycles. The maximum Gasteiger partial charge on any atom is 0.293 e. The standard InChI is InChI=1S/C11H18N4O4S/c1-8(2)13-5-6-14-10-4-3-9(20(12,18)19)7-11(10)15(16)17/h3-4,7-8,13-14H,5-6H2,1-2H3,(H2,12,18,19). The smallest absolute Gasteiger partial charge is 0.293 e. The SMILES string of the molecule is CC(C)NCCNc1ccc(S(N)(=O)=O)cc1[N+](=O)[O-]. The highest BCUT2D eigenvalue weighted by Crippen LogP contribution is 2.26. The molecule has 0 heterocycles. The van der Waals surface area contributed by atoms with Gasteiger partial charge in [0, 0.05) is 25.2 Å². The lowest BCUT2D eigenvalue weighted by atomic mass is 10.2. The molecule has 9 heteroatoms. The summed E-state index contributed by atoms with van der Waals surface area (Å²) in [5.74, 6) is 0. The molecule has 4 N–H and O–H groups in total. The van der Waals surface area contributed by atoms with Crippen LogP contribution in [0.3, 0.4) is 0 Å². The van der Waals surface area contributed by atoms with Gasteiger partial charge in [-0.15, -0.1) is 0 Å². The minimum Gasteiger partial charge on any atom is -0.378 e. The van der Waals surface area contributed by atoms with Crippen molar-refractivity contribution in [3.63, 3.8) is 0 Å². The third kappa shape index (κ3) is 4.76. The summed E-state index contributed by atoms with van der Waals surface area (Å²) in [6.45, 7) is 5.09. The fraction of sp³-hybridized carbons (Fsp3) is 0.455.